The molecule has 2 N–H and O–H groups in total. The van der Waals surface area contributed by atoms with E-state index in [1.54, 1.807) is 0 Å². The number of quaternary nitrogens is 1. The summed E-state index contributed by atoms with van der Waals surface area (Å²) in [6.45, 7) is -1.80. The van der Waals surface area contributed by atoms with Gasteiger partial charge in [0, 0.05) is 5.56 Å². The summed E-state index contributed by atoms with van der Waals surface area (Å²) in [7, 11) is 0. The van der Waals surface area contributed by atoms with Crippen molar-refractivity contribution in [1.82, 2.24) is 0 Å². The molecule has 10 rings (SSSR count). The Morgan fingerprint density at radius 2 is 0.480 bits per heavy atom. The maximum absolute atomic E-state index is 17.3. The van der Waals surface area contributed by atoms with E-state index in [1.807, 2.05) is 0 Å². The zero-order valence-electron chi connectivity index (χ0n) is 46.9. The normalized spacial score (nSPS) is 12.7. The van der Waals surface area contributed by atoms with Crippen LogP contribution in [0, 0.1) is 163 Å². The minimum absolute atomic E-state index is 0.00408. The molecule has 0 radical (unpaired) electrons. The zero-order valence-corrected chi connectivity index (χ0v) is 48.0. The third kappa shape index (κ3) is 11.8. The Morgan fingerprint density at radius 1 is 0.245 bits per heavy atom. The number of hydrogen-bond donors (Lipinski definition) is 1. The molecule has 0 fully saturated rings. The molecule has 1 nitrogen and oxygen atoms in total. The molecule has 0 unspecified atom stereocenters. The topological polar surface area (TPSA) is 16.6 Å². The Labute approximate surface area is 533 Å². The van der Waals surface area contributed by atoms with Crippen LogP contribution in [0.4, 0.5) is 184 Å². The molecular weight excluding hydrogens is 1540 g/mol. The van der Waals surface area contributed by atoms with Gasteiger partial charge in [-0.2, -0.15) is 70.4 Å². The number of alkyl halides is 14. The van der Waals surface area contributed by atoms with Gasteiger partial charge < -0.3 is 0 Å². The van der Waals surface area contributed by atoms with E-state index in [0.717, 1.165) is 0 Å². The minimum atomic E-state index is -8.35. The lowest BCUT2D eigenvalue weighted by molar-refractivity contribution is -0.822. The third-order valence-electron chi connectivity index (χ3n) is 15.1. The van der Waals surface area contributed by atoms with Crippen molar-refractivity contribution in [2.24, 2.45) is 0 Å². The standard InChI is InChI=1S/C15F16.4C10H2F5.C3H3F6N.Al/c16-5-2(6(17)10(21)12(23)9(5)20)1-3(13(24,25)15(29,30)31)7(18)11(22)8(19)4(1)14(26,27)28;4*11-5-2-1-4-3-6(12)9(14)10(15)7(4)8(5)13;4-1-10-3(8,9)2(5,6)7;/h;4*1-2H;10H,1H2;/q;;;;;;-1/p+1. The number of halogens is 42. The van der Waals surface area contributed by atoms with Gasteiger partial charge in [-0.1, -0.05) is 45.8 Å². The van der Waals surface area contributed by atoms with Crippen molar-refractivity contribution in [3.05, 3.63) is 223 Å². The molecule has 10 aromatic carbocycles. The fourth-order valence-electron chi connectivity index (χ4n) is 10.9. The van der Waals surface area contributed by atoms with Gasteiger partial charge in [-0.05, 0) is 24.3 Å². The molecule has 0 bridgehead atoms. The van der Waals surface area contributed by atoms with Crippen molar-refractivity contribution in [2.45, 2.75) is 30.5 Å². The van der Waals surface area contributed by atoms with Crippen molar-refractivity contribution in [3.8, 4) is 11.1 Å². The number of hydrogen-bond acceptors (Lipinski definition) is 0. The Bertz CT molecular complexity index is 4720. The highest BCUT2D eigenvalue weighted by molar-refractivity contribution is 7.23. The summed E-state index contributed by atoms with van der Waals surface area (Å²) in [5.41, 5.74) is -14.2. The maximum Gasteiger partial charge on any atom is 0.515 e. The van der Waals surface area contributed by atoms with E-state index < -0.39 is 302 Å². The van der Waals surface area contributed by atoms with Crippen LogP contribution in [0.1, 0.15) is 11.1 Å². The molecule has 0 heterocycles. The number of fused-ring (bicyclic) bond motifs is 4. The lowest BCUT2D eigenvalue weighted by Gasteiger charge is -2.44. The Morgan fingerprint density at radius 3 is 0.706 bits per heavy atom. The molecule has 0 aromatic heterocycles. The number of benzene rings is 10. The summed E-state index contributed by atoms with van der Waals surface area (Å²) < 4.78 is 590. The van der Waals surface area contributed by atoms with Crippen LogP contribution < -0.4 is 23.0 Å². The summed E-state index contributed by atoms with van der Waals surface area (Å²) in [6, 6.07) is -5.33. The second kappa shape index (κ2) is 26.6. The van der Waals surface area contributed by atoms with E-state index in [0.29, 0.717) is 0 Å². The SMILES string of the molecule is FC[NH2+]C(F)(F)C(F)(F)F.Fc1c(F)c(F)c(-c2c(C(F)(F)F)c(F)c(F)c(F)c2C(F)(F)C(F)(F)F)c(F)c1F.Fc1ccc2[c]([Al-]([c]3c(F)c(F)c(F)c4c(F)c(F)ccc34)([c]3c(F)c(F)c(F)c4c(F)c(F)ccc34)[c]3c(F)c(F)c(F)c4c(F)c(F)ccc34)c(F)c(F)c(F)c2c1F. The quantitative estimate of drug-likeness (QED) is 0.0513. The lowest BCUT2D eigenvalue weighted by atomic mass is 9.88. The van der Waals surface area contributed by atoms with Crippen molar-refractivity contribution in [1.29, 1.82) is 0 Å². The maximum atomic E-state index is 17.3. The molecule has 0 amide bonds. The van der Waals surface area contributed by atoms with Gasteiger partial charge in [-0.25, -0.2) is 123 Å². The average Bonchev–Trinajstić information content (AvgIpc) is 0.670. The fourth-order valence-corrected chi connectivity index (χ4v) is 17.5. The molecule has 102 heavy (non-hydrogen) atoms. The van der Waals surface area contributed by atoms with Crippen LogP contribution in [0.2, 0.25) is 0 Å². The zero-order chi connectivity index (χ0) is 77.5. The van der Waals surface area contributed by atoms with Gasteiger partial charge in [0.25, 0.3) is 13.1 Å². The molecule has 0 aliphatic carbocycles. The summed E-state index contributed by atoms with van der Waals surface area (Å²) in [5.74, 6) is -88.5. The van der Waals surface area contributed by atoms with Crippen LogP contribution in [0.3, 0.4) is 0 Å². The van der Waals surface area contributed by atoms with Gasteiger partial charge in [-0.3, -0.25) is 5.32 Å². The molecule has 0 saturated heterocycles. The first-order chi connectivity index (χ1) is 46.7. The van der Waals surface area contributed by atoms with Crippen molar-refractivity contribution >= 4 is 73.9 Å². The van der Waals surface area contributed by atoms with Crippen LogP contribution in [0.15, 0.2) is 48.5 Å². The monoisotopic (exact) mass is 1550 g/mol. The van der Waals surface area contributed by atoms with Crippen LogP contribution in [0.5, 0.6) is 0 Å². The van der Waals surface area contributed by atoms with Crippen LogP contribution in [0.25, 0.3) is 54.2 Å². The van der Waals surface area contributed by atoms with E-state index in [-0.39, 0.29) is 48.5 Å². The summed E-state index contributed by atoms with van der Waals surface area (Å²) in [6.07, 6.45) is -19.4. The van der Waals surface area contributed by atoms with E-state index in [9.17, 15) is 114 Å². The van der Waals surface area contributed by atoms with Crippen molar-refractivity contribution in [3.63, 3.8) is 0 Å². The molecule has 0 aliphatic heterocycles. The van der Waals surface area contributed by atoms with E-state index in [1.165, 1.54) is 0 Å². The van der Waals surface area contributed by atoms with Gasteiger partial charge in [-0.15, -0.1) is 8.78 Å². The Balaban J connectivity index is 0.000000267. The lowest BCUT2D eigenvalue weighted by Crippen LogP contribution is -2.97. The Hall–Kier alpha value is -9.21. The molecule has 10 aromatic rings. The summed E-state index contributed by atoms with van der Waals surface area (Å²) >= 11 is -8.35. The first kappa shape index (κ1) is 78.5. The van der Waals surface area contributed by atoms with Gasteiger partial charge in [0.15, 0.2) is 134 Å². The second-order valence-corrected chi connectivity index (χ2v) is 24.5. The predicted molar refractivity (Wildman–Crippen MR) is 265 cm³/mol. The molecule has 0 atom stereocenters. The molecule has 0 spiro atoms. The molecule has 0 aliphatic rings. The van der Waals surface area contributed by atoms with E-state index in [2.05, 4.69) is 0 Å². The predicted octanol–water partition coefficient (Wildman–Crippen LogP) is 18.2. The smallest absolute Gasteiger partial charge is 0.251 e. The second-order valence-electron chi connectivity index (χ2n) is 20.5. The highest BCUT2D eigenvalue weighted by Crippen LogP contribution is 2.54. The van der Waals surface area contributed by atoms with Crippen molar-refractivity contribution in [2.75, 3.05) is 6.80 Å². The Kier molecular flexibility index (Phi) is 20.4. The van der Waals surface area contributed by atoms with Crippen molar-refractivity contribution < 1.29 is 190 Å². The highest BCUT2D eigenvalue weighted by atomic mass is 27.2. The average molecular weight is 1550 g/mol. The van der Waals surface area contributed by atoms with Crippen LogP contribution in [-0.4, -0.2) is 38.3 Å². The van der Waals surface area contributed by atoms with Gasteiger partial charge >= 0.3 is 30.5 Å². The van der Waals surface area contributed by atoms with Gasteiger partial charge in [0.05, 0.1) is 32.7 Å². The van der Waals surface area contributed by atoms with Gasteiger partial charge in [0.2, 0.25) is 12.6 Å². The first-order valence-corrected chi connectivity index (χ1v) is 28.1. The fraction of sp³-hybridized carbons (Fsp3) is 0.103. The largest absolute Gasteiger partial charge is 0.515 e. The van der Waals surface area contributed by atoms with Crippen LogP contribution >= 0.6 is 0 Å². The molecule has 44 heteroatoms. The summed E-state index contributed by atoms with van der Waals surface area (Å²) in [4.78, 5) is 0. The number of rotatable bonds is 8. The number of nitrogens with two attached hydrogens (primary N) is 1. The molecule has 546 valence electrons. The minimum Gasteiger partial charge on any atom is -0.251 e. The molecule has 0 saturated carbocycles. The first-order valence-electron chi connectivity index (χ1n) is 25.8. The summed E-state index contributed by atoms with van der Waals surface area (Å²) in [5, 5.41) is -16.6. The molecular formula is C58H12AlF42N. The van der Waals surface area contributed by atoms with Crippen LogP contribution in [-0.2, 0) is 12.1 Å². The van der Waals surface area contributed by atoms with E-state index >= 15 is 70.2 Å². The van der Waals surface area contributed by atoms with E-state index in [4.69, 9.17) is 0 Å². The van der Waals surface area contributed by atoms with Gasteiger partial charge in [0.1, 0.15) is 28.8 Å². The third-order valence-corrected chi connectivity index (χ3v) is 20.8. The highest BCUT2D eigenvalue weighted by Gasteiger charge is 2.64.